The van der Waals surface area contributed by atoms with Crippen LogP contribution in [-0.4, -0.2) is 32.8 Å². The molecule has 1 aromatic heterocycles. The lowest BCUT2D eigenvalue weighted by Crippen LogP contribution is -2.29. The largest absolute Gasteiger partial charge is 0.467 e. The van der Waals surface area contributed by atoms with Gasteiger partial charge < -0.3 is 9.57 Å². The second kappa shape index (κ2) is 4.56. The summed E-state index contributed by atoms with van der Waals surface area (Å²) in [5.41, 5.74) is 0.661. The van der Waals surface area contributed by atoms with Crippen molar-refractivity contribution in [2.45, 2.75) is 6.10 Å². The van der Waals surface area contributed by atoms with Gasteiger partial charge in [-0.2, -0.15) is 5.10 Å². The van der Waals surface area contributed by atoms with E-state index in [4.69, 9.17) is 21.2 Å². The summed E-state index contributed by atoms with van der Waals surface area (Å²) in [5, 5.41) is 8.20. The van der Waals surface area contributed by atoms with Crippen LogP contribution in [0.1, 0.15) is 5.56 Å². The Labute approximate surface area is 105 Å². The maximum atomic E-state index is 5.92. The maximum Gasteiger partial charge on any atom is 0.262 e. The number of alkyl halides is 1. The Morgan fingerprint density at radius 2 is 2.53 bits per heavy atom. The molecule has 0 aliphatic carbocycles. The van der Waals surface area contributed by atoms with Crippen molar-refractivity contribution in [2.75, 3.05) is 11.0 Å². The maximum absolute atomic E-state index is 5.92. The monoisotopic (exact) mass is 341 g/mol. The number of halogens is 2. The zero-order valence-electron chi connectivity index (χ0n) is 7.98. The third-order valence-corrected chi connectivity index (χ3v) is 3.13. The van der Waals surface area contributed by atoms with Crippen LogP contribution in [0.4, 0.5) is 0 Å². The fourth-order valence-corrected chi connectivity index (χ4v) is 1.87. The number of hydrogen-bond acceptors (Lipinski definition) is 4. The van der Waals surface area contributed by atoms with Gasteiger partial charge in [0.2, 0.25) is 0 Å². The molecule has 1 unspecified atom stereocenters. The number of oxime groups is 1. The molecule has 0 aromatic carbocycles. The highest BCUT2D eigenvalue weighted by Gasteiger charge is 2.22. The number of ether oxygens (including phenoxy) is 1. The molecular weight excluding hydrogens is 332 g/mol. The van der Waals surface area contributed by atoms with Gasteiger partial charge in [-0.3, -0.25) is 4.68 Å². The van der Waals surface area contributed by atoms with Crippen molar-refractivity contribution in [1.82, 2.24) is 9.78 Å². The van der Waals surface area contributed by atoms with E-state index in [-0.39, 0.29) is 6.10 Å². The van der Waals surface area contributed by atoms with Crippen molar-refractivity contribution >= 4 is 40.1 Å². The van der Waals surface area contributed by atoms with Crippen LogP contribution in [-0.2, 0) is 16.6 Å². The fraction of sp³-hybridized carbons (Fsp3) is 0.500. The molecule has 1 aromatic rings. The molecule has 1 aliphatic rings. The van der Waals surface area contributed by atoms with Crippen molar-refractivity contribution in [3.05, 3.63) is 16.9 Å². The van der Waals surface area contributed by atoms with E-state index in [1.54, 1.807) is 17.9 Å². The normalized spacial score (nSPS) is 20.5. The van der Waals surface area contributed by atoms with Gasteiger partial charge in [0, 0.05) is 17.7 Å². The smallest absolute Gasteiger partial charge is 0.262 e. The van der Waals surface area contributed by atoms with E-state index < -0.39 is 0 Å². The first-order chi connectivity index (χ1) is 7.20. The lowest BCUT2D eigenvalue weighted by atomic mass is 10.3. The van der Waals surface area contributed by atoms with Gasteiger partial charge in [-0.25, -0.2) is 0 Å². The Balaban J connectivity index is 2.24. The Kier molecular flexibility index (Phi) is 3.35. The Morgan fingerprint density at radius 3 is 3.13 bits per heavy atom. The predicted molar refractivity (Wildman–Crippen MR) is 64.5 cm³/mol. The number of aromatic nitrogens is 2. The molecule has 0 bridgehead atoms. The molecular formula is C8H9ClIN3O2. The molecule has 2 rings (SSSR count). The second-order valence-electron chi connectivity index (χ2n) is 3.09. The van der Waals surface area contributed by atoms with Gasteiger partial charge in [-0.05, 0) is 5.16 Å². The van der Waals surface area contributed by atoms with Gasteiger partial charge in [0.15, 0.2) is 11.8 Å². The standard InChI is InChI=1S/C8H9ClIN3O2/c1-13-3-6(7(9)11-13)8-12-14-4-5(2-10)15-8/h3,5H,2,4H2,1H3. The van der Waals surface area contributed by atoms with Crippen LogP contribution in [0.2, 0.25) is 5.15 Å². The highest BCUT2D eigenvalue weighted by atomic mass is 127. The zero-order valence-corrected chi connectivity index (χ0v) is 10.9. The summed E-state index contributed by atoms with van der Waals surface area (Å²) < 4.78 is 8.05. The molecule has 7 heteroatoms. The van der Waals surface area contributed by atoms with Gasteiger partial charge in [0.1, 0.15) is 6.10 Å². The number of rotatable bonds is 2. The lowest BCUT2D eigenvalue weighted by Gasteiger charge is -2.20. The van der Waals surface area contributed by atoms with E-state index in [1.165, 1.54) is 0 Å². The van der Waals surface area contributed by atoms with E-state index in [0.717, 1.165) is 4.43 Å². The molecule has 0 N–H and O–H groups in total. The summed E-state index contributed by atoms with van der Waals surface area (Å²) in [4.78, 5) is 5.07. The van der Waals surface area contributed by atoms with Crippen LogP contribution in [0.3, 0.4) is 0 Å². The van der Waals surface area contributed by atoms with E-state index in [1.807, 2.05) is 0 Å². The van der Waals surface area contributed by atoms with Gasteiger partial charge >= 0.3 is 0 Å². The fourth-order valence-electron chi connectivity index (χ4n) is 1.19. The average molecular weight is 342 g/mol. The predicted octanol–water partition coefficient (Wildman–Crippen LogP) is 1.59. The van der Waals surface area contributed by atoms with Crippen LogP contribution in [0.25, 0.3) is 0 Å². The van der Waals surface area contributed by atoms with E-state index in [0.29, 0.717) is 23.2 Å². The van der Waals surface area contributed by atoms with Gasteiger partial charge in [-0.1, -0.05) is 34.2 Å². The van der Waals surface area contributed by atoms with Crippen LogP contribution >= 0.6 is 34.2 Å². The van der Waals surface area contributed by atoms with Crippen LogP contribution in [0, 0.1) is 0 Å². The molecule has 0 saturated heterocycles. The minimum Gasteiger partial charge on any atom is -0.467 e. The first kappa shape index (κ1) is 11.0. The molecule has 2 heterocycles. The molecule has 15 heavy (non-hydrogen) atoms. The summed E-state index contributed by atoms with van der Waals surface area (Å²) in [6.07, 6.45) is 1.77. The summed E-state index contributed by atoms with van der Waals surface area (Å²) in [6.45, 7) is 0.477. The van der Waals surface area contributed by atoms with Crippen molar-refractivity contribution in [3.63, 3.8) is 0 Å². The molecule has 0 fully saturated rings. The number of nitrogens with zero attached hydrogens (tertiary/aromatic N) is 3. The van der Waals surface area contributed by atoms with E-state index in [2.05, 4.69) is 32.8 Å². The first-order valence-electron chi connectivity index (χ1n) is 4.33. The minimum atomic E-state index is 0.0226. The first-order valence-corrected chi connectivity index (χ1v) is 6.23. The molecule has 0 saturated carbocycles. The summed E-state index contributed by atoms with van der Waals surface area (Å²) in [6, 6.07) is 0. The molecule has 0 radical (unpaired) electrons. The molecule has 5 nitrogen and oxygen atoms in total. The molecule has 1 atom stereocenters. The van der Waals surface area contributed by atoms with Crippen molar-refractivity contribution in [3.8, 4) is 0 Å². The summed E-state index contributed by atoms with van der Waals surface area (Å²) in [5.74, 6) is 0.404. The van der Waals surface area contributed by atoms with Crippen molar-refractivity contribution < 1.29 is 9.57 Å². The van der Waals surface area contributed by atoms with E-state index in [9.17, 15) is 0 Å². The van der Waals surface area contributed by atoms with Crippen LogP contribution < -0.4 is 0 Å². The van der Waals surface area contributed by atoms with Gasteiger partial charge in [-0.15, -0.1) is 0 Å². The summed E-state index contributed by atoms with van der Waals surface area (Å²) >= 11 is 8.16. The quantitative estimate of drug-likeness (QED) is 0.606. The highest BCUT2D eigenvalue weighted by molar-refractivity contribution is 14.1. The SMILES string of the molecule is Cn1cc(C2=NOCC(CI)O2)c(Cl)n1. The number of hydrogen-bond donors (Lipinski definition) is 0. The van der Waals surface area contributed by atoms with Crippen LogP contribution in [0.15, 0.2) is 11.4 Å². The third kappa shape index (κ3) is 2.36. The Bertz CT molecular complexity index is 393. The van der Waals surface area contributed by atoms with Crippen LogP contribution in [0.5, 0.6) is 0 Å². The minimum absolute atomic E-state index is 0.0226. The topological polar surface area (TPSA) is 48.6 Å². The molecule has 0 amide bonds. The summed E-state index contributed by atoms with van der Waals surface area (Å²) in [7, 11) is 1.79. The molecule has 1 aliphatic heterocycles. The van der Waals surface area contributed by atoms with Crippen molar-refractivity contribution in [2.24, 2.45) is 12.2 Å². The number of aryl methyl sites for hydroxylation is 1. The average Bonchev–Trinajstić information content (AvgIpc) is 2.58. The zero-order chi connectivity index (χ0) is 10.8. The van der Waals surface area contributed by atoms with Crippen molar-refractivity contribution in [1.29, 1.82) is 0 Å². The van der Waals surface area contributed by atoms with E-state index >= 15 is 0 Å². The Hall–Kier alpha value is -0.500. The van der Waals surface area contributed by atoms with Gasteiger partial charge in [0.05, 0.1) is 5.56 Å². The molecule has 82 valence electrons. The lowest BCUT2D eigenvalue weighted by molar-refractivity contribution is 0.0231. The van der Waals surface area contributed by atoms with Gasteiger partial charge in [0.25, 0.3) is 5.90 Å². The highest BCUT2D eigenvalue weighted by Crippen LogP contribution is 2.18. The Morgan fingerprint density at radius 1 is 1.73 bits per heavy atom. The third-order valence-electron chi connectivity index (χ3n) is 1.87. The molecule has 0 spiro atoms. The second-order valence-corrected chi connectivity index (χ2v) is 4.33.